The maximum Gasteiger partial charge on any atom is 0.339 e. The zero-order valence-corrected chi connectivity index (χ0v) is 11.0. The molecule has 0 aliphatic rings. The highest BCUT2D eigenvalue weighted by Crippen LogP contribution is 2.29. The molecule has 2 aromatic rings. The van der Waals surface area contributed by atoms with Gasteiger partial charge in [0.2, 0.25) is 5.75 Å². The number of nitrogens with zero attached hydrogens (tertiary/aromatic N) is 1. The summed E-state index contributed by atoms with van der Waals surface area (Å²) in [5.74, 6) is -2.77. The van der Waals surface area contributed by atoms with E-state index in [1.54, 1.807) is 0 Å². The third-order valence-electron chi connectivity index (χ3n) is 2.39. The molecule has 0 amide bonds. The normalized spacial score (nSPS) is 11.1. The van der Waals surface area contributed by atoms with Crippen molar-refractivity contribution in [2.45, 2.75) is 4.90 Å². The van der Waals surface area contributed by atoms with Gasteiger partial charge in [0.05, 0.1) is 4.92 Å². The van der Waals surface area contributed by atoms with Crippen molar-refractivity contribution in [1.29, 1.82) is 0 Å². The molecule has 0 aliphatic carbocycles. The molecule has 0 N–H and O–H groups in total. The van der Waals surface area contributed by atoms with Gasteiger partial charge in [0, 0.05) is 12.1 Å². The summed E-state index contributed by atoms with van der Waals surface area (Å²) in [6.45, 7) is 0. The summed E-state index contributed by atoms with van der Waals surface area (Å²) >= 11 is 0. The van der Waals surface area contributed by atoms with Crippen LogP contribution < -0.4 is 4.18 Å². The Kier molecular flexibility index (Phi) is 3.85. The molecule has 0 aliphatic heterocycles. The van der Waals surface area contributed by atoms with Crippen LogP contribution in [-0.2, 0) is 10.1 Å². The molecule has 0 saturated carbocycles. The van der Waals surface area contributed by atoms with Crippen molar-refractivity contribution < 1.29 is 26.3 Å². The second kappa shape index (κ2) is 5.44. The van der Waals surface area contributed by atoms with Crippen LogP contribution in [0.25, 0.3) is 0 Å². The molecule has 0 atom stereocenters. The third kappa shape index (κ3) is 3.31. The van der Waals surface area contributed by atoms with E-state index in [1.807, 2.05) is 0 Å². The van der Waals surface area contributed by atoms with Gasteiger partial charge >= 0.3 is 15.8 Å². The van der Waals surface area contributed by atoms with Crippen LogP contribution in [0.4, 0.5) is 14.5 Å². The van der Waals surface area contributed by atoms with E-state index in [1.165, 1.54) is 12.1 Å². The SMILES string of the molecule is O=[N+]([O-])c1ccccc1OS(=O)(=O)c1cc(F)cc(F)c1. The lowest BCUT2D eigenvalue weighted by molar-refractivity contribution is -0.385. The van der Waals surface area contributed by atoms with Gasteiger partial charge in [-0.25, -0.2) is 8.78 Å². The number of benzene rings is 2. The molecule has 110 valence electrons. The van der Waals surface area contributed by atoms with Crippen LogP contribution in [0.15, 0.2) is 47.4 Å². The summed E-state index contributed by atoms with van der Waals surface area (Å²) in [7, 11) is -4.60. The quantitative estimate of drug-likeness (QED) is 0.492. The maximum atomic E-state index is 13.0. The van der Waals surface area contributed by atoms with Crippen LogP contribution in [0, 0.1) is 21.7 Å². The van der Waals surface area contributed by atoms with Gasteiger partial charge in [-0.1, -0.05) is 12.1 Å². The Balaban J connectivity index is 2.45. The first-order valence-corrected chi connectivity index (χ1v) is 6.84. The predicted octanol–water partition coefficient (Wildman–Crippen LogP) is 2.64. The predicted molar refractivity (Wildman–Crippen MR) is 67.3 cm³/mol. The fraction of sp³-hybridized carbons (Fsp3) is 0. The van der Waals surface area contributed by atoms with Gasteiger partial charge in [-0.3, -0.25) is 10.1 Å². The van der Waals surface area contributed by atoms with E-state index in [2.05, 4.69) is 4.18 Å². The number of nitro benzene ring substituents is 1. The molecular weight excluding hydrogens is 308 g/mol. The first-order valence-electron chi connectivity index (χ1n) is 5.43. The van der Waals surface area contributed by atoms with Gasteiger partial charge in [0.15, 0.2) is 0 Å². The van der Waals surface area contributed by atoms with E-state index < -0.39 is 43.0 Å². The van der Waals surface area contributed by atoms with Crippen molar-refractivity contribution in [2.24, 2.45) is 0 Å². The molecule has 2 aromatic carbocycles. The monoisotopic (exact) mass is 315 g/mol. The van der Waals surface area contributed by atoms with E-state index in [0.29, 0.717) is 18.2 Å². The number of nitro groups is 1. The minimum Gasteiger partial charge on any atom is -0.372 e. The number of para-hydroxylation sites is 2. The molecule has 2 rings (SSSR count). The van der Waals surface area contributed by atoms with Crippen LogP contribution in [0.5, 0.6) is 5.75 Å². The van der Waals surface area contributed by atoms with Crippen molar-refractivity contribution in [3.8, 4) is 5.75 Å². The highest BCUT2D eigenvalue weighted by molar-refractivity contribution is 7.87. The Morgan fingerprint density at radius 1 is 1.05 bits per heavy atom. The van der Waals surface area contributed by atoms with Crippen LogP contribution >= 0.6 is 0 Å². The second-order valence-corrected chi connectivity index (χ2v) is 5.41. The summed E-state index contributed by atoms with van der Waals surface area (Å²) in [5.41, 5.74) is -0.585. The lowest BCUT2D eigenvalue weighted by Crippen LogP contribution is -2.11. The van der Waals surface area contributed by atoms with Gasteiger partial charge in [-0.15, -0.1) is 0 Å². The average molecular weight is 315 g/mol. The summed E-state index contributed by atoms with van der Waals surface area (Å²) in [6.07, 6.45) is 0. The van der Waals surface area contributed by atoms with Crippen molar-refractivity contribution in [3.05, 3.63) is 64.2 Å². The smallest absolute Gasteiger partial charge is 0.339 e. The second-order valence-electron chi connectivity index (χ2n) is 3.87. The van der Waals surface area contributed by atoms with Gasteiger partial charge < -0.3 is 4.18 Å². The lowest BCUT2D eigenvalue weighted by Gasteiger charge is -2.07. The summed E-state index contributed by atoms with van der Waals surface area (Å²) < 4.78 is 54.5. The first kappa shape index (κ1) is 14.9. The fourth-order valence-corrected chi connectivity index (χ4v) is 2.51. The van der Waals surface area contributed by atoms with Crippen LogP contribution in [-0.4, -0.2) is 13.3 Å². The zero-order chi connectivity index (χ0) is 15.6. The Morgan fingerprint density at radius 3 is 2.19 bits per heavy atom. The Labute approximate surface area is 117 Å². The van der Waals surface area contributed by atoms with Crippen molar-refractivity contribution in [1.82, 2.24) is 0 Å². The lowest BCUT2D eigenvalue weighted by atomic mass is 10.3. The molecule has 0 spiro atoms. The van der Waals surface area contributed by atoms with Gasteiger partial charge in [-0.05, 0) is 18.2 Å². The molecule has 0 radical (unpaired) electrons. The van der Waals surface area contributed by atoms with Gasteiger partial charge in [-0.2, -0.15) is 8.42 Å². The molecule has 0 saturated heterocycles. The summed E-state index contributed by atoms with van der Waals surface area (Å²) in [5, 5.41) is 10.8. The number of hydrogen-bond acceptors (Lipinski definition) is 5. The molecule has 0 unspecified atom stereocenters. The Bertz CT molecular complexity index is 787. The molecule has 0 fully saturated rings. The standard InChI is InChI=1S/C12H7F2NO5S/c13-8-5-9(14)7-10(6-8)21(18,19)20-12-4-2-1-3-11(12)15(16)17/h1-7H. The molecule has 9 heteroatoms. The largest absolute Gasteiger partial charge is 0.372 e. The highest BCUT2D eigenvalue weighted by atomic mass is 32.2. The van der Waals surface area contributed by atoms with Crippen molar-refractivity contribution >= 4 is 15.8 Å². The van der Waals surface area contributed by atoms with E-state index >= 15 is 0 Å². The van der Waals surface area contributed by atoms with E-state index in [9.17, 15) is 27.3 Å². The van der Waals surface area contributed by atoms with Crippen LogP contribution in [0.3, 0.4) is 0 Å². The van der Waals surface area contributed by atoms with Crippen molar-refractivity contribution in [2.75, 3.05) is 0 Å². The van der Waals surface area contributed by atoms with E-state index in [0.717, 1.165) is 12.1 Å². The Morgan fingerprint density at radius 2 is 1.62 bits per heavy atom. The number of hydrogen-bond donors (Lipinski definition) is 0. The zero-order valence-electron chi connectivity index (χ0n) is 10.2. The molecule has 21 heavy (non-hydrogen) atoms. The minimum atomic E-state index is -4.60. The van der Waals surface area contributed by atoms with Crippen molar-refractivity contribution in [3.63, 3.8) is 0 Å². The maximum absolute atomic E-state index is 13.0. The molecule has 0 aromatic heterocycles. The molecule has 0 bridgehead atoms. The fourth-order valence-electron chi connectivity index (χ4n) is 1.52. The highest BCUT2D eigenvalue weighted by Gasteiger charge is 2.23. The molecule has 6 nitrogen and oxygen atoms in total. The number of halogens is 2. The molecule has 0 heterocycles. The first-order chi connectivity index (χ1) is 9.79. The summed E-state index contributed by atoms with van der Waals surface area (Å²) in [6, 6.07) is 6.33. The average Bonchev–Trinajstić information content (AvgIpc) is 2.37. The van der Waals surface area contributed by atoms with E-state index in [-0.39, 0.29) is 0 Å². The topological polar surface area (TPSA) is 86.5 Å². The van der Waals surface area contributed by atoms with Gasteiger partial charge in [0.1, 0.15) is 16.5 Å². The van der Waals surface area contributed by atoms with Gasteiger partial charge in [0.25, 0.3) is 0 Å². The minimum absolute atomic E-state index is 0.490. The third-order valence-corrected chi connectivity index (χ3v) is 3.60. The summed E-state index contributed by atoms with van der Waals surface area (Å²) in [4.78, 5) is 9.15. The van der Waals surface area contributed by atoms with Crippen LogP contribution in [0.1, 0.15) is 0 Å². The Hall–Kier alpha value is -2.55. The number of rotatable bonds is 4. The van der Waals surface area contributed by atoms with E-state index in [4.69, 9.17) is 0 Å². The molecular formula is C12H7F2NO5S. The van der Waals surface area contributed by atoms with Crippen LogP contribution in [0.2, 0.25) is 0 Å².